The molecule has 0 amide bonds. The van der Waals surface area contributed by atoms with Crippen LogP contribution in [0.5, 0.6) is 5.75 Å². The lowest BCUT2D eigenvalue weighted by Crippen LogP contribution is -2.30. The first-order valence-corrected chi connectivity index (χ1v) is 7.05. The Bertz CT molecular complexity index is 410. The average molecular weight is 281 g/mol. The molecule has 0 aliphatic carbocycles. The third kappa shape index (κ3) is 5.53. The smallest absolute Gasteiger partial charge is 0.145 e. The molecule has 0 aliphatic heterocycles. The highest BCUT2D eigenvalue weighted by molar-refractivity contribution is 7.80. The summed E-state index contributed by atoms with van der Waals surface area (Å²) in [5, 5.41) is 1.61. The first-order valence-electron chi connectivity index (χ1n) is 6.60. The fourth-order valence-electron chi connectivity index (χ4n) is 1.72. The number of hydrazine groups is 1. The van der Waals surface area contributed by atoms with Crippen molar-refractivity contribution in [1.82, 2.24) is 5.01 Å². The SMILES string of the molecule is CCCCCCN(N)/C=N/c1c(S)cccc1OC. The van der Waals surface area contributed by atoms with E-state index >= 15 is 0 Å². The Balaban J connectivity index is 2.56. The van der Waals surface area contributed by atoms with E-state index in [0.717, 1.165) is 17.9 Å². The fourth-order valence-corrected chi connectivity index (χ4v) is 1.97. The van der Waals surface area contributed by atoms with Gasteiger partial charge in [0.05, 0.1) is 7.11 Å². The summed E-state index contributed by atoms with van der Waals surface area (Å²) < 4.78 is 5.25. The third-order valence-corrected chi connectivity index (χ3v) is 3.16. The molecule has 0 saturated carbocycles. The third-order valence-electron chi connectivity index (χ3n) is 2.80. The number of benzene rings is 1. The van der Waals surface area contributed by atoms with Crippen LogP contribution in [0.2, 0.25) is 0 Å². The Labute approximate surface area is 121 Å². The maximum atomic E-state index is 5.86. The van der Waals surface area contributed by atoms with Crippen molar-refractivity contribution in [2.45, 2.75) is 37.5 Å². The lowest BCUT2D eigenvalue weighted by Gasteiger charge is -2.13. The van der Waals surface area contributed by atoms with Gasteiger partial charge in [-0.3, -0.25) is 0 Å². The first kappa shape index (κ1) is 15.9. The molecule has 0 heterocycles. The Hall–Kier alpha value is -1.20. The highest BCUT2D eigenvalue weighted by atomic mass is 32.1. The number of para-hydroxylation sites is 1. The van der Waals surface area contributed by atoms with Crippen LogP contribution >= 0.6 is 12.6 Å². The van der Waals surface area contributed by atoms with Gasteiger partial charge in [0.25, 0.3) is 0 Å². The minimum Gasteiger partial charge on any atom is -0.494 e. The molecule has 0 atom stereocenters. The van der Waals surface area contributed by atoms with Crippen LogP contribution in [0.25, 0.3) is 0 Å². The molecule has 0 radical (unpaired) electrons. The highest BCUT2D eigenvalue weighted by Gasteiger charge is 2.04. The van der Waals surface area contributed by atoms with E-state index in [9.17, 15) is 0 Å². The van der Waals surface area contributed by atoms with Gasteiger partial charge in [0.1, 0.15) is 17.8 Å². The number of hydrogen-bond acceptors (Lipinski definition) is 4. The zero-order valence-electron chi connectivity index (χ0n) is 11.7. The van der Waals surface area contributed by atoms with Crippen LogP contribution < -0.4 is 10.6 Å². The number of unbranched alkanes of at least 4 members (excludes halogenated alkanes) is 3. The normalized spacial score (nSPS) is 10.9. The minimum absolute atomic E-state index is 0.697. The van der Waals surface area contributed by atoms with Crippen LogP contribution in [0.4, 0.5) is 5.69 Å². The fraction of sp³-hybridized carbons (Fsp3) is 0.500. The van der Waals surface area contributed by atoms with Crippen LogP contribution in [-0.2, 0) is 0 Å². The summed E-state index contributed by atoms with van der Waals surface area (Å²) in [4.78, 5) is 5.12. The van der Waals surface area contributed by atoms with Gasteiger partial charge in [0.15, 0.2) is 0 Å². The number of ether oxygens (including phenoxy) is 1. The molecule has 0 aliphatic rings. The summed E-state index contributed by atoms with van der Waals surface area (Å²) in [6.45, 7) is 3.00. The molecule has 19 heavy (non-hydrogen) atoms. The predicted molar refractivity (Wildman–Crippen MR) is 83.4 cm³/mol. The molecule has 1 aromatic rings. The molecular formula is C14H23N3OS. The first-order chi connectivity index (χ1) is 9.19. The lowest BCUT2D eigenvalue weighted by atomic mass is 10.2. The van der Waals surface area contributed by atoms with Crippen molar-refractivity contribution in [3.05, 3.63) is 18.2 Å². The summed E-state index contributed by atoms with van der Waals surface area (Å²) in [7, 11) is 1.62. The van der Waals surface area contributed by atoms with E-state index in [2.05, 4.69) is 24.5 Å². The molecule has 0 fully saturated rings. The van der Waals surface area contributed by atoms with Gasteiger partial charge in [-0.2, -0.15) is 0 Å². The molecule has 4 nitrogen and oxygen atoms in total. The van der Waals surface area contributed by atoms with Gasteiger partial charge >= 0.3 is 0 Å². The van der Waals surface area contributed by atoms with E-state index in [1.54, 1.807) is 18.5 Å². The second-order valence-corrected chi connectivity index (χ2v) is 4.85. The zero-order chi connectivity index (χ0) is 14.1. The number of nitrogens with two attached hydrogens (primary N) is 1. The minimum atomic E-state index is 0.697. The second-order valence-electron chi connectivity index (χ2n) is 4.37. The van der Waals surface area contributed by atoms with Gasteiger partial charge in [-0.05, 0) is 18.6 Å². The van der Waals surface area contributed by atoms with Crippen LogP contribution in [0.3, 0.4) is 0 Å². The van der Waals surface area contributed by atoms with Crippen LogP contribution in [0.15, 0.2) is 28.1 Å². The number of thiol groups is 1. The van der Waals surface area contributed by atoms with Crippen LogP contribution in [0, 0.1) is 0 Å². The molecule has 0 spiro atoms. The molecule has 1 rings (SSSR count). The largest absolute Gasteiger partial charge is 0.494 e. The van der Waals surface area contributed by atoms with Gasteiger partial charge in [-0.1, -0.05) is 32.3 Å². The standard InChI is InChI=1S/C14H23N3OS/c1-3-4-5-6-10-17(15)11-16-14-12(18-2)8-7-9-13(14)19/h7-9,11,19H,3-6,10,15H2,1-2H3/b16-11+. The van der Waals surface area contributed by atoms with Crippen molar-refractivity contribution in [2.24, 2.45) is 10.8 Å². The number of methoxy groups -OCH3 is 1. The molecule has 0 unspecified atom stereocenters. The molecule has 106 valence electrons. The molecule has 5 heteroatoms. The monoisotopic (exact) mass is 281 g/mol. The van der Waals surface area contributed by atoms with E-state index in [1.807, 2.05) is 18.2 Å². The number of rotatable bonds is 8. The maximum Gasteiger partial charge on any atom is 0.145 e. The average Bonchev–Trinajstić information content (AvgIpc) is 2.42. The summed E-state index contributed by atoms with van der Waals surface area (Å²) in [5.41, 5.74) is 0.706. The van der Waals surface area contributed by atoms with Crippen molar-refractivity contribution in [1.29, 1.82) is 0 Å². The van der Waals surface area contributed by atoms with Gasteiger partial charge in [0.2, 0.25) is 0 Å². The second kappa shape index (κ2) is 8.82. The van der Waals surface area contributed by atoms with Crippen LogP contribution in [0.1, 0.15) is 32.6 Å². The Morgan fingerprint density at radius 2 is 2.16 bits per heavy atom. The molecule has 0 bridgehead atoms. The predicted octanol–water partition coefficient (Wildman–Crippen LogP) is 3.40. The van der Waals surface area contributed by atoms with Gasteiger partial charge in [-0.15, -0.1) is 12.6 Å². The topological polar surface area (TPSA) is 50.8 Å². The van der Waals surface area contributed by atoms with Crippen molar-refractivity contribution >= 4 is 24.7 Å². The Morgan fingerprint density at radius 1 is 1.37 bits per heavy atom. The highest BCUT2D eigenvalue weighted by Crippen LogP contribution is 2.33. The van der Waals surface area contributed by atoms with Crippen molar-refractivity contribution < 1.29 is 4.74 Å². The van der Waals surface area contributed by atoms with E-state index in [0.29, 0.717) is 11.4 Å². The van der Waals surface area contributed by atoms with Gasteiger partial charge in [0, 0.05) is 11.4 Å². The Kier molecular flexibility index (Phi) is 7.36. The molecule has 1 aromatic carbocycles. The number of aliphatic imine (C=N–C) groups is 1. The summed E-state index contributed by atoms with van der Waals surface area (Å²) >= 11 is 4.37. The van der Waals surface area contributed by atoms with Gasteiger partial charge < -0.3 is 9.75 Å². The zero-order valence-corrected chi connectivity index (χ0v) is 12.6. The number of nitrogens with zero attached hydrogens (tertiary/aromatic N) is 2. The van der Waals surface area contributed by atoms with Crippen molar-refractivity contribution in [3.8, 4) is 5.75 Å². The molecular weight excluding hydrogens is 258 g/mol. The van der Waals surface area contributed by atoms with E-state index < -0.39 is 0 Å². The Morgan fingerprint density at radius 3 is 2.84 bits per heavy atom. The van der Waals surface area contributed by atoms with Crippen molar-refractivity contribution in [2.75, 3.05) is 13.7 Å². The van der Waals surface area contributed by atoms with Gasteiger partial charge in [-0.25, -0.2) is 10.8 Å². The van der Waals surface area contributed by atoms with E-state index in [1.165, 1.54) is 19.3 Å². The van der Waals surface area contributed by atoms with E-state index in [4.69, 9.17) is 10.6 Å². The molecule has 0 aromatic heterocycles. The maximum absolute atomic E-state index is 5.86. The number of hydrogen-bond donors (Lipinski definition) is 2. The summed E-state index contributed by atoms with van der Waals surface area (Å²) in [6.07, 6.45) is 6.38. The summed E-state index contributed by atoms with van der Waals surface area (Å²) in [5.74, 6) is 6.56. The summed E-state index contributed by atoms with van der Waals surface area (Å²) in [6, 6.07) is 5.61. The molecule has 2 N–H and O–H groups in total. The molecule has 0 saturated heterocycles. The van der Waals surface area contributed by atoms with E-state index in [-0.39, 0.29) is 0 Å². The van der Waals surface area contributed by atoms with Crippen molar-refractivity contribution in [3.63, 3.8) is 0 Å². The lowest BCUT2D eigenvalue weighted by molar-refractivity contribution is 0.414. The van der Waals surface area contributed by atoms with Crippen LogP contribution in [-0.4, -0.2) is 25.0 Å². The quantitative estimate of drug-likeness (QED) is 0.192.